The normalized spacial score (nSPS) is 14.3. The minimum absolute atomic E-state index is 0. The molecule has 1 aliphatic rings. The van der Waals surface area contributed by atoms with Crippen molar-refractivity contribution in [2.75, 3.05) is 53.1 Å². The molecule has 1 unspecified atom stereocenters. The van der Waals surface area contributed by atoms with Crippen LogP contribution in [-0.4, -0.2) is 133 Å². The fraction of sp³-hybridized carbons (Fsp3) is 0.867. The number of ether oxygens (including phenoxy) is 2. The predicted octanol–water partition coefficient (Wildman–Crippen LogP) is 8.69. The fourth-order valence-corrected chi connectivity index (χ4v) is 9.10. The van der Waals surface area contributed by atoms with Crippen LogP contribution in [0.5, 0.6) is 0 Å². The number of carbonyl (C=O) groups is 2. The Labute approximate surface area is 366 Å². The van der Waals surface area contributed by atoms with Crippen molar-refractivity contribution < 1.29 is 30.1 Å². The highest BCUT2D eigenvalue weighted by molar-refractivity contribution is 7.47. The van der Waals surface area contributed by atoms with Crippen LogP contribution in [0.1, 0.15) is 157 Å². The number of hydrogen-bond donors (Lipinski definition) is 2. The van der Waals surface area contributed by atoms with Crippen LogP contribution in [0.4, 0.5) is 0 Å². The van der Waals surface area contributed by atoms with Gasteiger partial charge >= 0.3 is 0 Å². The summed E-state index contributed by atoms with van der Waals surface area (Å²) in [5.41, 5.74) is -0.388. The smallest absolute Gasteiger partial charge is 0.237 e. The number of nitrogens with zero attached hydrogens (tertiary/aromatic N) is 6. The molecule has 0 bridgehead atoms. The number of unbranched alkanes of at least 4 members (excludes halogenated alkanes) is 4. The number of nitrogens with one attached hydrogen (secondary N) is 1. The zero-order chi connectivity index (χ0) is 46.3. The summed E-state index contributed by atoms with van der Waals surface area (Å²) < 4.78 is 36.9. The summed E-state index contributed by atoms with van der Waals surface area (Å²) in [6.07, 6.45) is 11.0. The predicted molar refractivity (Wildman–Crippen MR) is 245 cm³/mol. The molecule has 1 atom stereocenters. The standard InChI is InChI=1S/C28H48N4O4.C15H32N3OP.CH4O.CH4/c1-8-9-10-12-15-25(33)30-17-14-11-13-16-26(34)31-20-28(6,21-31)22-36-27(35-19-18-29-7)32(23(2)3)24(4)5;1-12(2)17(13(3)4)20(19-11-9-10-16)18(14(5)6)15(7)8;1-2;/h1,23-24,27H,9-22H2,2-6H3,(H,30,33);12-15H,9,11H2,1-8H3;2H,1H3;1H4/i6D;;2T;. The lowest BCUT2D eigenvalue weighted by Crippen LogP contribution is -2.60. The van der Waals surface area contributed by atoms with Crippen molar-refractivity contribution in [2.24, 2.45) is 5.41 Å². The lowest BCUT2D eigenvalue weighted by atomic mass is 9.82. The van der Waals surface area contributed by atoms with E-state index < -0.39 is 14.9 Å². The maximum absolute atomic E-state index is 12.6. The number of carbonyl (C=O) groups excluding carboxylic acids is 2. The summed E-state index contributed by atoms with van der Waals surface area (Å²) in [6, 6.07) is 4.23. The van der Waals surface area contributed by atoms with Gasteiger partial charge in [0, 0.05) is 89.0 Å². The van der Waals surface area contributed by atoms with Gasteiger partial charge in [-0.2, -0.15) is 5.26 Å². The first-order chi connectivity index (χ1) is 28.3. The maximum Gasteiger partial charge on any atom is 0.237 e. The van der Waals surface area contributed by atoms with Crippen LogP contribution in [0.3, 0.4) is 0 Å². The van der Waals surface area contributed by atoms with E-state index in [4.69, 9.17) is 35.1 Å². The van der Waals surface area contributed by atoms with E-state index in [2.05, 4.69) is 125 Å². The SMILES string of the molecule is C.CC(C)N(C(C)C)P(OCCC#N)N(C(C)C)C(C)C.[2H]CC1(COC(OCC[N+]#[C-])N(C(C)C)C(C)C)CN(C(=O)CCCCCNC(=O)CCCCC#C)C1.[3H]OC. The van der Waals surface area contributed by atoms with Crippen LogP contribution in [0.25, 0.3) is 4.85 Å². The van der Waals surface area contributed by atoms with E-state index in [1.807, 2.05) is 4.90 Å². The second-order valence-electron chi connectivity index (χ2n) is 16.5. The summed E-state index contributed by atoms with van der Waals surface area (Å²) in [6.45, 7) is 36.2. The van der Waals surface area contributed by atoms with Crippen LogP contribution in [-0.2, 0) is 23.6 Å². The van der Waals surface area contributed by atoms with Gasteiger partial charge in [0.05, 0.1) is 25.7 Å². The Balaban J connectivity index is -0.00000118. The number of likely N-dealkylation sites (tertiary alicyclic amines) is 1. The zero-order valence-electron chi connectivity index (χ0n) is 40.7. The average molecular weight is 857 g/mol. The highest BCUT2D eigenvalue weighted by Crippen LogP contribution is 2.50. The summed E-state index contributed by atoms with van der Waals surface area (Å²) in [5.74, 6) is 2.75. The summed E-state index contributed by atoms with van der Waals surface area (Å²) in [7, 11) is 0.450. The number of nitriles is 1. The number of aliphatic hydroxyl groups is 1. The van der Waals surface area contributed by atoms with Crippen molar-refractivity contribution in [3.8, 4) is 18.4 Å². The Kier molecular flexibility index (Phi) is 33.8. The Morgan fingerprint density at radius 3 is 1.92 bits per heavy atom. The largest absolute Gasteiger partial charge is 0.400 e. The second-order valence-corrected chi connectivity index (χ2v) is 18.1. The highest BCUT2D eigenvalue weighted by Gasteiger charge is 2.42. The quantitative estimate of drug-likeness (QED) is 0.0259. The molecular weight excluding hydrogens is 766 g/mol. The Morgan fingerprint density at radius 2 is 1.46 bits per heavy atom. The molecule has 1 aliphatic heterocycles. The molecule has 13 nitrogen and oxygen atoms in total. The Hall–Kier alpha value is -2.37. The van der Waals surface area contributed by atoms with E-state index in [1.165, 1.54) is 7.11 Å². The van der Waals surface area contributed by atoms with Gasteiger partial charge in [-0.05, 0) is 109 Å². The van der Waals surface area contributed by atoms with Crippen molar-refractivity contribution in [1.82, 2.24) is 24.5 Å². The molecule has 0 radical (unpaired) electrons. The minimum Gasteiger partial charge on any atom is -0.400 e. The van der Waals surface area contributed by atoms with Crippen LogP contribution in [0, 0.1) is 35.7 Å². The molecule has 14 heteroatoms. The maximum atomic E-state index is 12.6. The molecule has 2 amide bonds. The molecular formula is C45H88N7O6P. The Morgan fingerprint density at radius 1 is 0.915 bits per heavy atom. The van der Waals surface area contributed by atoms with Gasteiger partial charge in [-0.15, -0.1) is 12.3 Å². The molecule has 1 saturated heterocycles. The van der Waals surface area contributed by atoms with Crippen molar-refractivity contribution in [1.29, 1.82) is 6.69 Å². The zero-order valence-corrected chi connectivity index (χ0v) is 39.6. The van der Waals surface area contributed by atoms with Gasteiger partial charge in [-0.25, -0.2) is 15.9 Å². The van der Waals surface area contributed by atoms with Gasteiger partial charge in [0.25, 0.3) is 0 Å². The van der Waals surface area contributed by atoms with Crippen molar-refractivity contribution in [2.45, 2.75) is 198 Å². The van der Waals surface area contributed by atoms with Crippen molar-refractivity contribution in [3.05, 3.63) is 11.4 Å². The number of rotatable bonds is 28. The summed E-state index contributed by atoms with van der Waals surface area (Å²) in [4.78, 5) is 31.7. The second kappa shape index (κ2) is 35.2. The molecule has 0 saturated carbocycles. The third kappa shape index (κ3) is 25.9. The first kappa shape index (κ1) is 56.6. The third-order valence-corrected chi connectivity index (χ3v) is 12.2. The Bertz CT molecular complexity index is 1210. The van der Waals surface area contributed by atoms with Gasteiger partial charge in [0.2, 0.25) is 26.2 Å². The van der Waals surface area contributed by atoms with E-state index in [0.717, 1.165) is 32.1 Å². The number of hydrogen-bond acceptors (Lipinski definition) is 10. The average Bonchev–Trinajstić information content (AvgIpc) is 3.14. The first-order valence-electron chi connectivity index (χ1n) is 22.4. The molecule has 0 aromatic heterocycles. The van der Waals surface area contributed by atoms with Gasteiger partial charge in [-0.3, -0.25) is 14.5 Å². The van der Waals surface area contributed by atoms with Gasteiger partial charge < -0.3 is 34.2 Å². The molecule has 0 aliphatic carbocycles. The molecule has 1 heterocycles. The summed E-state index contributed by atoms with van der Waals surface area (Å²) >= 11 is 0. The molecule has 344 valence electrons. The molecule has 59 heavy (non-hydrogen) atoms. The van der Waals surface area contributed by atoms with E-state index in [0.29, 0.717) is 89.3 Å². The van der Waals surface area contributed by atoms with E-state index in [-0.39, 0.29) is 50.2 Å². The number of amides is 2. The first-order valence-corrected chi connectivity index (χ1v) is 22.5. The third-order valence-electron chi connectivity index (χ3n) is 9.13. The number of terminal acetylenes is 1. The van der Waals surface area contributed by atoms with Crippen molar-refractivity contribution in [3.63, 3.8) is 0 Å². The minimum atomic E-state index is -0.841. The topological polar surface area (TPSA) is 135 Å². The van der Waals surface area contributed by atoms with Crippen LogP contribution in [0.15, 0.2) is 0 Å². The van der Waals surface area contributed by atoms with Gasteiger partial charge in [-0.1, -0.05) is 20.7 Å². The van der Waals surface area contributed by atoms with Gasteiger partial charge in [0.15, 0.2) is 8.45 Å². The molecule has 1 fully saturated rings. The molecule has 0 aromatic rings. The van der Waals surface area contributed by atoms with E-state index in [9.17, 15) is 9.59 Å². The van der Waals surface area contributed by atoms with Crippen LogP contribution in [0.2, 0.25) is 0 Å². The lowest BCUT2D eigenvalue weighted by molar-refractivity contribution is -0.255. The summed E-state index contributed by atoms with van der Waals surface area (Å²) in [5, 5.41) is 15.2. The number of aliphatic hydroxyl groups excluding tert-OH is 1. The molecule has 0 aromatic carbocycles. The molecule has 2 N–H and O–H groups in total. The van der Waals surface area contributed by atoms with Gasteiger partial charge in [0.1, 0.15) is 6.61 Å². The molecule has 1 rings (SSSR count). The highest BCUT2D eigenvalue weighted by atomic mass is 31.2. The van der Waals surface area contributed by atoms with E-state index in [1.54, 1.807) is 0 Å². The lowest BCUT2D eigenvalue weighted by Gasteiger charge is -2.49. The van der Waals surface area contributed by atoms with Crippen LogP contribution >= 0.6 is 8.45 Å². The van der Waals surface area contributed by atoms with Crippen LogP contribution < -0.4 is 5.32 Å². The fourth-order valence-electron chi connectivity index (χ4n) is 6.75. The molecule has 0 spiro atoms. The van der Waals surface area contributed by atoms with Crippen molar-refractivity contribution >= 4 is 20.3 Å². The monoisotopic (exact) mass is 857 g/mol. The van der Waals surface area contributed by atoms with E-state index >= 15 is 0 Å².